The quantitative estimate of drug-likeness (QED) is 0.246. The number of carboxylic acids is 1. The van der Waals surface area contributed by atoms with Crippen molar-refractivity contribution in [3.63, 3.8) is 0 Å². The number of carbonyl (C=O) groups is 3. The van der Waals surface area contributed by atoms with Gasteiger partial charge in [0.2, 0.25) is 0 Å². The van der Waals surface area contributed by atoms with Gasteiger partial charge in [0.15, 0.2) is 10.8 Å². The summed E-state index contributed by atoms with van der Waals surface area (Å²) < 4.78 is 25.1. The number of nitrogens with one attached hydrogen (secondary N) is 1. The molecule has 5 rings (SSSR count). The number of nitrogen functional groups attached to an aromatic ring is 1. The molecule has 11 nitrogen and oxygen atoms in total. The summed E-state index contributed by atoms with van der Waals surface area (Å²) in [6.45, 7) is -1.45. The molecule has 0 spiro atoms. The first kappa shape index (κ1) is 26.1. The second kappa shape index (κ2) is 10.7. The summed E-state index contributed by atoms with van der Waals surface area (Å²) in [6, 6.07) is 7.02. The molecule has 15 heteroatoms. The molecule has 4 heterocycles. The average molecular weight is 565 g/mol. The maximum atomic E-state index is 13.0. The number of carboxylic acid groups (broad SMARTS) is 1. The minimum Gasteiger partial charge on any atom is -0.477 e. The number of fused-ring (bicyclic) bond motifs is 2. The van der Waals surface area contributed by atoms with Crippen LogP contribution in [0.2, 0.25) is 0 Å². The molecular formula is C23H22F2N6O5S2. The Labute approximate surface area is 223 Å². The standard InChI is InChI=1S/C23H22F2N6O5S2/c24-22(25)36-29-15(14-10-38-23(26)27-14)18(32)28-16-19(33)31-17(21(34)35)13(9-37-20(16)31)8-30-6-5-11-3-1-2-4-12(11)7-30/h1-4,10,16,20,22H,5-9H2,(H2,26,27)(H,28,32)(H,34,35)/t16?,20-/m1/s1. The van der Waals surface area contributed by atoms with Crippen LogP contribution < -0.4 is 11.1 Å². The number of thioether (sulfide) groups is 1. The minimum absolute atomic E-state index is 0.0761. The molecule has 2 atom stereocenters. The van der Waals surface area contributed by atoms with E-state index in [4.69, 9.17) is 5.73 Å². The molecule has 2 aromatic rings. The normalized spacial score (nSPS) is 21.6. The predicted molar refractivity (Wildman–Crippen MR) is 135 cm³/mol. The molecule has 2 amide bonds. The maximum Gasteiger partial charge on any atom is 0.407 e. The number of nitrogens with zero attached hydrogens (tertiary/aromatic N) is 4. The number of aromatic nitrogens is 1. The van der Waals surface area contributed by atoms with Crippen molar-refractivity contribution in [2.75, 3.05) is 24.6 Å². The fourth-order valence-corrected chi connectivity index (χ4v) is 6.55. The number of hydrogen-bond donors (Lipinski definition) is 3. The smallest absolute Gasteiger partial charge is 0.407 e. The Bertz CT molecular complexity index is 1350. The van der Waals surface area contributed by atoms with Crippen LogP contribution in [0.25, 0.3) is 0 Å². The van der Waals surface area contributed by atoms with Crippen LogP contribution in [-0.4, -0.2) is 80.3 Å². The van der Waals surface area contributed by atoms with Gasteiger partial charge in [0.1, 0.15) is 22.8 Å². The number of thiazole rings is 1. The second-order valence-corrected chi connectivity index (χ2v) is 10.7. The molecular weight excluding hydrogens is 542 g/mol. The largest absolute Gasteiger partial charge is 0.477 e. The minimum atomic E-state index is -3.28. The number of oxime groups is 1. The second-order valence-electron chi connectivity index (χ2n) is 8.72. The van der Waals surface area contributed by atoms with Crippen LogP contribution in [0.5, 0.6) is 0 Å². The van der Waals surface area contributed by atoms with Gasteiger partial charge in [0, 0.05) is 30.8 Å². The third-order valence-corrected chi connectivity index (χ3v) is 8.38. The first-order valence-electron chi connectivity index (χ1n) is 11.5. The SMILES string of the molecule is Nc1nc(C(=NOC(F)F)C(=O)NC2C(=O)N3C(C(=O)O)=C(CN4CCc5ccccc5C4)CS[C@H]23)cs1. The van der Waals surface area contributed by atoms with E-state index in [-0.39, 0.29) is 16.5 Å². The molecule has 38 heavy (non-hydrogen) atoms. The fourth-order valence-electron chi connectivity index (χ4n) is 4.67. The number of halogens is 2. The zero-order valence-electron chi connectivity index (χ0n) is 19.7. The van der Waals surface area contributed by atoms with E-state index in [0.717, 1.165) is 24.3 Å². The van der Waals surface area contributed by atoms with E-state index in [0.29, 0.717) is 24.4 Å². The van der Waals surface area contributed by atoms with Crippen molar-refractivity contribution in [1.29, 1.82) is 0 Å². The highest BCUT2D eigenvalue weighted by molar-refractivity contribution is 8.00. The Morgan fingerprint density at radius 1 is 1.32 bits per heavy atom. The molecule has 0 bridgehead atoms. The van der Waals surface area contributed by atoms with E-state index in [9.17, 15) is 28.3 Å². The molecule has 0 radical (unpaired) electrons. The lowest BCUT2D eigenvalue weighted by atomic mass is 9.98. The summed E-state index contributed by atoms with van der Waals surface area (Å²) >= 11 is 2.28. The van der Waals surface area contributed by atoms with Crippen LogP contribution in [0, 0.1) is 0 Å². The van der Waals surface area contributed by atoms with E-state index in [1.165, 1.54) is 33.2 Å². The highest BCUT2D eigenvalue weighted by Crippen LogP contribution is 2.41. The van der Waals surface area contributed by atoms with Gasteiger partial charge in [-0.2, -0.15) is 8.78 Å². The van der Waals surface area contributed by atoms with Crippen LogP contribution in [0.15, 0.2) is 46.1 Å². The third kappa shape index (κ3) is 5.08. The molecule has 1 aromatic heterocycles. The summed E-state index contributed by atoms with van der Waals surface area (Å²) in [6.07, 6.45) is 0.849. The predicted octanol–water partition coefficient (Wildman–Crippen LogP) is 1.47. The van der Waals surface area contributed by atoms with Gasteiger partial charge in [-0.25, -0.2) is 9.78 Å². The maximum absolute atomic E-state index is 13.0. The van der Waals surface area contributed by atoms with E-state index in [1.807, 2.05) is 12.1 Å². The van der Waals surface area contributed by atoms with Gasteiger partial charge >= 0.3 is 12.6 Å². The molecule has 1 fully saturated rings. The summed E-state index contributed by atoms with van der Waals surface area (Å²) in [7, 11) is 0. The molecule has 0 aliphatic carbocycles. The Balaban J connectivity index is 1.31. The number of aliphatic carboxylic acids is 1. The van der Waals surface area contributed by atoms with Crippen molar-refractivity contribution in [2.24, 2.45) is 5.16 Å². The van der Waals surface area contributed by atoms with Crippen LogP contribution >= 0.6 is 23.1 Å². The number of amides is 2. The molecule has 1 unspecified atom stereocenters. The lowest BCUT2D eigenvalue weighted by molar-refractivity contribution is -0.150. The highest BCUT2D eigenvalue weighted by atomic mass is 32.2. The Kier molecular flexibility index (Phi) is 7.32. The van der Waals surface area contributed by atoms with Crippen LogP contribution in [0.4, 0.5) is 13.9 Å². The molecule has 4 N–H and O–H groups in total. The first-order valence-corrected chi connectivity index (χ1v) is 13.4. The number of hydrogen-bond acceptors (Lipinski definition) is 10. The van der Waals surface area contributed by atoms with Crippen LogP contribution in [0.1, 0.15) is 16.8 Å². The molecule has 3 aliphatic rings. The van der Waals surface area contributed by atoms with Gasteiger partial charge in [0.25, 0.3) is 11.8 Å². The third-order valence-electron chi connectivity index (χ3n) is 6.36. The Morgan fingerprint density at radius 3 is 2.76 bits per heavy atom. The van der Waals surface area contributed by atoms with Crippen molar-refractivity contribution in [3.8, 4) is 0 Å². The monoisotopic (exact) mass is 564 g/mol. The van der Waals surface area contributed by atoms with Crippen molar-refractivity contribution in [3.05, 3.63) is 57.7 Å². The van der Waals surface area contributed by atoms with Crippen molar-refractivity contribution >= 4 is 51.7 Å². The first-order chi connectivity index (χ1) is 18.2. The topological polar surface area (TPSA) is 150 Å². The number of anilines is 1. The van der Waals surface area contributed by atoms with Gasteiger partial charge in [-0.3, -0.25) is 19.4 Å². The Hall–Kier alpha value is -3.56. The van der Waals surface area contributed by atoms with Gasteiger partial charge in [0.05, 0.1) is 0 Å². The van der Waals surface area contributed by atoms with Crippen molar-refractivity contribution in [1.82, 2.24) is 20.1 Å². The average Bonchev–Trinajstić information content (AvgIpc) is 3.32. The van der Waals surface area contributed by atoms with E-state index in [2.05, 4.69) is 37.3 Å². The molecule has 3 aliphatic heterocycles. The number of β-lactam (4-membered cyclic amide) rings is 1. The summed E-state index contributed by atoms with van der Waals surface area (Å²) in [5.74, 6) is -2.49. The number of carbonyl (C=O) groups excluding carboxylic acids is 2. The van der Waals surface area contributed by atoms with E-state index >= 15 is 0 Å². The van der Waals surface area contributed by atoms with Crippen molar-refractivity contribution in [2.45, 2.75) is 31.0 Å². The zero-order valence-corrected chi connectivity index (χ0v) is 21.3. The molecule has 1 aromatic carbocycles. The van der Waals surface area contributed by atoms with Gasteiger partial charge in [-0.05, 0) is 23.1 Å². The zero-order chi connectivity index (χ0) is 27.0. The Morgan fingerprint density at radius 2 is 2.08 bits per heavy atom. The van der Waals surface area contributed by atoms with Crippen molar-refractivity contribution < 1.29 is 33.1 Å². The lowest BCUT2D eigenvalue weighted by Gasteiger charge is -2.49. The van der Waals surface area contributed by atoms with E-state index in [1.54, 1.807) is 0 Å². The number of benzene rings is 1. The molecule has 200 valence electrons. The summed E-state index contributed by atoms with van der Waals surface area (Å²) in [5, 5.41) is 16.3. The van der Waals surface area contributed by atoms with Gasteiger partial charge in [-0.1, -0.05) is 29.4 Å². The number of alkyl halides is 2. The number of rotatable bonds is 8. The number of nitrogens with two attached hydrogens (primary N) is 1. The van der Waals surface area contributed by atoms with Crippen LogP contribution in [-0.2, 0) is 32.2 Å². The lowest BCUT2D eigenvalue weighted by Crippen LogP contribution is -2.71. The molecule has 1 saturated heterocycles. The van der Waals surface area contributed by atoms with Crippen LogP contribution in [0.3, 0.4) is 0 Å². The summed E-state index contributed by atoms with van der Waals surface area (Å²) in [4.78, 5) is 49.3. The summed E-state index contributed by atoms with van der Waals surface area (Å²) in [5.41, 5.74) is 7.88. The van der Waals surface area contributed by atoms with Gasteiger partial charge < -0.3 is 21.0 Å². The van der Waals surface area contributed by atoms with E-state index < -0.39 is 41.5 Å². The molecule has 0 saturated carbocycles. The van der Waals surface area contributed by atoms with Gasteiger partial charge in [-0.15, -0.1) is 23.1 Å². The highest BCUT2D eigenvalue weighted by Gasteiger charge is 2.54. The fraction of sp³-hybridized carbons (Fsp3) is 0.348.